The highest BCUT2D eigenvalue weighted by Crippen LogP contribution is 2.20. The number of likely N-dealkylation sites (tertiary alicyclic amines) is 1. The van der Waals surface area contributed by atoms with Gasteiger partial charge in [0.1, 0.15) is 0 Å². The van der Waals surface area contributed by atoms with Crippen molar-refractivity contribution in [3.05, 3.63) is 15.6 Å². The summed E-state index contributed by atoms with van der Waals surface area (Å²) in [7, 11) is 0. The first kappa shape index (κ1) is 19.6. The van der Waals surface area contributed by atoms with E-state index < -0.39 is 0 Å². The molecule has 2 fully saturated rings. The summed E-state index contributed by atoms with van der Waals surface area (Å²) in [4.78, 5) is 13.0. The Morgan fingerprint density at radius 2 is 2.15 bits per heavy atom. The molecule has 0 saturated carbocycles. The van der Waals surface area contributed by atoms with Gasteiger partial charge in [-0.2, -0.15) is 0 Å². The van der Waals surface area contributed by atoms with Crippen molar-refractivity contribution >= 4 is 17.3 Å². The maximum atomic E-state index is 6.08. The summed E-state index contributed by atoms with van der Waals surface area (Å²) in [6, 6.07) is 0. The van der Waals surface area contributed by atoms with E-state index in [2.05, 4.69) is 36.0 Å². The van der Waals surface area contributed by atoms with Gasteiger partial charge in [0.25, 0.3) is 0 Å². The van der Waals surface area contributed by atoms with Gasteiger partial charge < -0.3 is 19.7 Å². The monoisotopic (exact) mass is 380 g/mol. The van der Waals surface area contributed by atoms with Gasteiger partial charge in [-0.15, -0.1) is 11.3 Å². The molecular weight excluding hydrogens is 348 g/mol. The van der Waals surface area contributed by atoms with Crippen molar-refractivity contribution in [2.75, 3.05) is 32.8 Å². The van der Waals surface area contributed by atoms with E-state index in [-0.39, 0.29) is 0 Å². The number of nitrogens with one attached hydrogen (secondary N) is 1. The summed E-state index contributed by atoms with van der Waals surface area (Å²) in [5.41, 5.74) is 1.10. The predicted molar refractivity (Wildman–Crippen MR) is 106 cm³/mol. The molecule has 0 amide bonds. The molecule has 0 spiro atoms. The highest BCUT2D eigenvalue weighted by atomic mass is 32.1. The molecule has 1 atom stereocenters. The number of piperidine rings is 1. The molecule has 0 bridgehead atoms. The molecule has 1 aromatic heterocycles. The van der Waals surface area contributed by atoms with Crippen LogP contribution in [0.4, 0.5) is 0 Å². The number of nitrogens with zero attached hydrogens (tertiary/aromatic N) is 3. The lowest BCUT2D eigenvalue weighted by Gasteiger charge is -2.34. The molecule has 1 aromatic rings. The third kappa shape index (κ3) is 5.41. The summed E-state index contributed by atoms with van der Waals surface area (Å²) in [6.07, 6.45) is 5.09. The van der Waals surface area contributed by atoms with E-state index in [1.54, 1.807) is 11.3 Å². The van der Waals surface area contributed by atoms with Gasteiger partial charge in [0.2, 0.25) is 0 Å². The zero-order valence-corrected chi connectivity index (χ0v) is 17.1. The minimum atomic E-state index is 0.318. The van der Waals surface area contributed by atoms with E-state index >= 15 is 0 Å². The average Bonchev–Trinajstić information content (AvgIpc) is 3.27. The number of aliphatic imine (C=N–C) groups is 1. The fraction of sp³-hybridized carbons (Fsp3) is 0.789. The van der Waals surface area contributed by atoms with Gasteiger partial charge in [0.15, 0.2) is 5.96 Å². The van der Waals surface area contributed by atoms with E-state index in [1.165, 1.54) is 11.3 Å². The van der Waals surface area contributed by atoms with Crippen molar-refractivity contribution in [2.24, 2.45) is 4.99 Å². The van der Waals surface area contributed by atoms with Crippen LogP contribution >= 0.6 is 11.3 Å². The van der Waals surface area contributed by atoms with Crippen LogP contribution in [-0.4, -0.2) is 60.9 Å². The van der Waals surface area contributed by atoms with Crippen molar-refractivity contribution in [2.45, 2.75) is 65.2 Å². The van der Waals surface area contributed by atoms with Gasteiger partial charge in [-0.3, -0.25) is 0 Å². The second-order valence-corrected chi connectivity index (χ2v) is 8.35. The first-order valence-corrected chi connectivity index (χ1v) is 10.7. The van der Waals surface area contributed by atoms with Gasteiger partial charge in [0.05, 0.1) is 36.1 Å². The highest BCUT2D eigenvalue weighted by Gasteiger charge is 2.24. The fourth-order valence-electron chi connectivity index (χ4n) is 3.55. The molecule has 146 valence electrons. The Kier molecular flexibility index (Phi) is 7.28. The Morgan fingerprint density at radius 3 is 2.77 bits per heavy atom. The number of rotatable bonds is 6. The summed E-state index contributed by atoms with van der Waals surface area (Å²) in [6.45, 7) is 11.5. The van der Waals surface area contributed by atoms with E-state index in [0.717, 1.165) is 68.8 Å². The number of thiazole rings is 1. The molecule has 26 heavy (non-hydrogen) atoms. The average molecular weight is 381 g/mol. The normalized spacial score (nSPS) is 22.2. The van der Waals surface area contributed by atoms with Crippen LogP contribution in [0.3, 0.4) is 0 Å². The molecule has 3 rings (SSSR count). The lowest BCUT2D eigenvalue weighted by molar-refractivity contribution is -0.0367. The number of hydrogen-bond acceptors (Lipinski definition) is 5. The Labute approximate surface area is 161 Å². The lowest BCUT2D eigenvalue weighted by atomic mass is 10.1. The molecule has 0 aliphatic carbocycles. The molecule has 1 unspecified atom stereocenters. The summed E-state index contributed by atoms with van der Waals surface area (Å²) < 4.78 is 11.7. The number of guanidine groups is 1. The number of aromatic nitrogens is 1. The van der Waals surface area contributed by atoms with Gasteiger partial charge in [-0.1, -0.05) is 0 Å². The van der Waals surface area contributed by atoms with Gasteiger partial charge in [-0.05, 0) is 46.5 Å². The number of aryl methyl sites for hydroxylation is 2. The third-order valence-corrected chi connectivity index (χ3v) is 6.05. The van der Waals surface area contributed by atoms with Crippen LogP contribution in [0.5, 0.6) is 0 Å². The zero-order valence-electron chi connectivity index (χ0n) is 16.3. The summed E-state index contributed by atoms with van der Waals surface area (Å²) >= 11 is 1.74. The van der Waals surface area contributed by atoms with Crippen molar-refractivity contribution in [3.8, 4) is 0 Å². The smallest absolute Gasteiger partial charge is 0.194 e. The quantitative estimate of drug-likeness (QED) is 0.607. The molecule has 7 heteroatoms. The lowest BCUT2D eigenvalue weighted by Crippen LogP contribution is -2.47. The Bertz CT molecular complexity index is 590. The maximum absolute atomic E-state index is 6.08. The van der Waals surface area contributed by atoms with Crippen molar-refractivity contribution in [3.63, 3.8) is 0 Å². The van der Waals surface area contributed by atoms with E-state index in [0.29, 0.717) is 18.8 Å². The molecule has 0 radical (unpaired) electrons. The Hall–Kier alpha value is -1.18. The number of hydrogen-bond donors (Lipinski definition) is 1. The highest BCUT2D eigenvalue weighted by molar-refractivity contribution is 7.11. The van der Waals surface area contributed by atoms with Crippen LogP contribution in [-0.2, 0) is 16.0 Å². The second-order valence-electron chi connectivity index (χ2n) is 7.07. The first-order chi connectivity index (χ1) is 12.7. The van der Waals surface area contributed by atoms with Gasteiger partial charge in [0, 0.05) is 31.1 Å². The third-order valence-electron chi connectivity index (χ3n) is 4.99. The molecule has 0 aromatic carbocycles. The first-order valence-electron chi connectivity index (χ1n) is 9.85. The van der Waals surface area contributed by atoms with E-state index in [1.807, 2.05) is 0 Å². The Balaban J connectivity index is 1.49. The van der Waals surface area contributed by atoms with Crippen LogP contribution in [0.2, 0.25) is 0 Å². The molecule has 6 nitrogen and oxygen atoms in total. The van der Waals surface area contributed by atoms with Crippen molar-refractivity contribution in [1.29, 1.82) is 0 Å². The van der Waals surface area contributed by atoms with Gasteiger partial charge in [-0.25, -0.2) is 9.98 Å². The topological polar surface area (TPSA) is 59.0 Å². The SMILES string of the molecule is CCNC(=NCc1sc(C)nc1C)N1CCC(OCC2CCCO2)CC1. The predicted octanol–water partition coefficient (Wildman–Crippen LogP) is 2.89. The van der Waals surface area contributed by atoms with Crippen LogP contribution in [0.1, 0.15) is 48.2 Å². The standard InChI is InChI=1S/C19H32N4O2S/c1-4-20-19(21-12-18-14(2)22-15(3)26-18)23-9-7-16(8-10-23)25-13-17-6-5-11-24-17/h16-17H,4-13H2,1-3H3,(H,20,21). The van der Waals surface area contributed by atoms with Crippen LogP contribution < -0.4 is 5.32 Å². The minimum Gasteiger partial charge on any atom is -0.376 e. The van der Waals surface area contributed by atoms with Crippen molar-refractivity contribution in [1.82, 2.24) is 15.2 Å². The molecule has 2 aliphatic rings. The minimum absolute atomic E-state index is 0.318. The summed E-state index contributed by atoms with van der Waals surface area (Å²) in [5.74, 6) is 1.01. The number of ether oxygens (including phenoxy) is 2. The van der Waals surface area contributed by atoms with E-state index in [9.17, 15) is 0 Å². The molecule has 2 aliphatic heterocycles. The van der Waals surface area contributed by atoms with Crippen LogP contribution in [0.15, 0.2) is 4.99 Å². The second kappa shape index (κ2) is 9.67. The maximum Gasteiger partial charge on any atom is 0.194 e. The zero-order chi connectivity index (χ0) is 18.4. The summed E-state index contributed by atoms with van der Waals surface area (Å²) in [5, 5.41) is 4.55. The molecule has 1 N–H and O–H groups in total. The van der Waals surface area contributed by atoms with Crippen molar-refractivity contribution < 1.29 is 9.47 Å². The van der Waals surface area contributed by atoms with Crippen LogP contribution in [0.25, 0.3) is 0 Å². The molecule has 2 saturated heterocycles. The largest absolute Gasteiger partial charge is 0.376 e. The molecule has 3 heterocycles. The van der Waals surface area contributed by atoms with Gasteiger partial charge >= 0.3 is 0 Å². The fourth-order valence-corrected chi connectivity index (χ4v) is 4.41. The molecular formula is C19H32N4O2S. The van der Waals surface area contributed by atoms with Crippen LogP contribution in [0, 0.1) is 13.8 Å². The van der Waals surface area contributed by atoms with E-state index in [4.69, 9.17) is 14.5 Å². The Morgan fingerprint density at radius 1 is 1.35 bits per heavy atom.